The van der Waals surface area contributed by atoms with Gasteiger partial charge in [-0.05, 0) is 43.9 Å². The van der Waals surface area contributed by atoms with Crippen molar-refractivity contribution in [2.24, 2.45) is 0 Å². The van der Waals surface area contributed by atoms with E-state index in [1.165, 1.54) is 0 Å². The predicted octanol–water partition coefficient (Wildman–Crippen LogP) is 2.21. The number of carbonyl (C=O) groups is 1. The monoisotopic (exact) mass is 277 g/mol. The largest absolute Gasteiger partial charge is 0.393 e. The summed E-state index contributed by atoms with van der Waals surface area (Å²) < 4.78 is 5.10. The summed E-state index contributed by atoms with van der Waals surface area (Å²) in [6.45, 7) is 3.07. The first kappa shape index (κ1) is 15.0. The Morgan fingerprint density at radius 3 is 3.05 bits per heavy atom. The van der Waals surface area contributed by atoms with Crippen LogP contribution < -0.4 is 0 Å². The molecule has 110 valence electrons. The van der Waals surface area contributed by atoms with Crippen LogP contribution in [-0.2, 0) is 11.3 Å². The summed E-state index contributed by atoms with van der Waals surface area (Å²) in [6.07, 6.45) is 2.28. The molecule has 4 heteroatoms. The van der Waals surface area contributed by atoms with Gasteiger partial charge in [-0.3, -0.25) is 4.79 Å². The average molecular weight is 277 g/mol. The molecule has 20 heavy (non-hydrogen) atoms. The molecule has 1 N–H and O–H groups in total. The number of benzene rings is 1. The van der Waals surface area contributed by atoms with E-state index < -0.39 is 0 Å². The van der Waals surface area contributed by atoms with Gasteiger partial charge in [-0.15, -0.1) is 0 Å². The fraction of sp³-hybridized carbons (Fsp3) is 0.562. The molecule has 1 aliphatic rings. The van der Waals surface area contributed by atoms with Crippen LogP contribution in [0.4, 0.5) is 0 Å². The molecule has 1 aliphatic heterocycles. The van der Waals surface area contributed by atoms with Crippen LogP contribution in [-0.4, -0.2) is 41.7 Å². The Morgan fingerprint density at radius 2 is 2.35 bits per heavy atom. The summed E-state index contributed by atoms with van der Waals surface area (Å²) in [7, 11) is 1.65. The van der Waals surface area contributed by atoms with E-state index in [0.29, 0.717) is 18.6 Å². The number of rotatable bonds is 5. The quantitative estimate of drug-likeness (QED) is 0.897. The highest BCUT2D eigenvalue weighted by Crippen LogP contribution is 2.24. The first-order valence-electron chi connectivity index (χ1n) is 7.18. The number of methoxy groups -OCH3 is 1. The second-order valence-corrected chi connectivity index (χ2v) is 5.51. The Hall–Kier alpha value is -1.39. The standard InChI is InChI=1S/C16H23NO3/c1-12(18)9-15-7-4-8-17(15)16(19)14-6-3-5-13(10-14)11-20-2/h3,5-6,10,12,15,18H,4,7-9,11H2,1-2H3. The van der Waals surface area contributed by atoms with E-state index in [-0.39, 0.29) is 18.1 Å². The lowest BCUT2D eigenvalue weighted by molar-refractivity contribution is 0.0681. The zero-order chi connectivity index (χ0) is 14.5. The van der Waals surface area contributed by atoms with Gasteiger partial charge in [0.2, 0.25) is 0 Å². The molecule has 0 bridgehead atoms. The Kier molecular flexibility index (Phi) is 5.15. The van der Waals surface area contributed by atoms with Crippen molar-refractivity contribution >= 4 is 5.91 Å². The maximum atomic E-state index is 12.6. The smallest absolute Gasteiger partial charge is 0.254 e. The molecule has 1 heterocycles. The molecular weight excluding hydrogens is 254 g/mol. The lowest BCUT2D eigenvalue weighted by Gasteiger charge is -2.26. The number of nitrogens with zero attached hydrogens (tertiary/aromatic N) is 1. The van der Waals surface area contributed by atoms with Crippen molar-refractivity contribution in [3.8, 4) is 0 Å². The molecule has 0 aliphatic carbocycles. The van der Waals surface area contributed by atoms with Gasteiger partial charge in [-0.1, -0.05) is 12.1 Å². The van der Waals surface area contributed by atoms with Crippen LogP contribution in [0, 0.1) is 0 Å². The maximum absolute atomic E-state index is 12.6. The van der Waals surface area contributed by atoms with Gasteiger partial charge in [-0.2, -0.15) is 0 Å². The molecule has 1 aromatic rings. The highest BCUT2D eigenvalue weighted by atomic mass is 16.5. The molecule has 2 unspecified atom stereocenters. The van der Waals surface area contributed by atoms with Crippen molar-refractivity contribution in [2.75, 3.05) is 13.7 Å². The minimum absolute atomic E-state index is 0.0612. The molecule has 1 saturated heterocycles. The SMILES string of the molecule is COCc1cccc(C(=O)N2CCCC2CC(C)O)c1. The fourth-order valence-electron chi connectivity index (χ4n) is 2.87. The number of ether oxygens (including phenoxy) is 1. The molecule has 1 fully saturated rings. The lowest BCUT2D eigenvalue weighted by Crippen LogP contribution is -2.37. The summed E-state index contributed by atoms with van der Waals surface area (Å²) in [4.78, 5) is 14.5. The zero-order valence-electron chi connectivity index (χ0n) is 12.2. The third kappa shape index (κ3) is 3.58. The van der Waals surface area contributed by atoms with Gasteiger partial charge in [0, 0.05) is 25.3 Å². The van der Waals surface area contributed by atoms with Crippen molar-refractivity contribution in [1.29, 1.82) is 0 Å². The number of likely N-dealkylation sites (tertiary alicyclic amines) is 1. The number of hydrogen-bond donors (Lipinski definition) is 1. The van der Waals surface area contributed by atoms with E-state index in [0.717, 1.165) is 24.9 Å². The van der Waals surface area contributed by atoms with Crippen molar-refractivity contribution in [1.82, 2.24) is 4.90 Å². The van der Waals surface area contributed by atoms with Crippen molar-refractivity contribution < 1.29 is 14.6 Å². The normalized spacial score (nSPS) is 20.1. The summed E-state index contributed by atoms with van der Waals surface area (Å²) in [6, 6.07) is 7.75. The molecule has 0 radical (unpaired) electrons. The molecule has 1 amide bonds. The van der Waals surface area contributed by atoms with Gasteiger partial charge in [0.15, 0.2) is 0 Å². The topological polar surface area (TPSA) is 49.8 Å². The van der Waals surface area contributed by atoms with Crippen LogP contribution >= 0.6 is 0 Å². The van der Waals surface area contributed by atoms with Crippen LogP contribution in [0.5, 0.6) is 0 Å². The maximum Gasteiger partial charge on any atom is 0.254 e. The molecule has 2 rings (SSSR count). The van der Waals surface area contributed by atoms with E-state index >= 15 is 0 Å². The van der Waals surface area contributed by atoms with Crippen LogP contribution in [0.3, 0.4) is 0 Å². The van der Waals surface area contributed by atoms with E-state index in [2.05, 4.69) is 0 Å². The second-order valence-electron chi connectivity index (χ2n) is 5.51. The van der Waals surface area contributed by atoms with Gasteiger partial charge >= 0.3 is 0 Å². The van der Waals surface area contributed by atoms with Crippen LogP contribution in [0.2, 0.25) is 0 Å². The number of aliphatic hydroxyl groups is 1. The van der Waals surface area contributed by atoms with Crippen molar-refractivity contribution in [3.63, 3.8) is 0 Å². The molecule has 1 aromatic carbocycles. The Bertz CT molecular complexity index is 459. The van der Waals surface area contributed by atoms with Crippen LogP contribution in [0.15, 0.2) is 24.3 Å². The first-order valence-corrected chi connectivity index (χ1v) is 7.18. The minimum Gasteiger partial charge on any atom is -0.393 e. The molecular formula is C16H23NO3. The highest BCUT2D eigenvalue weighted by molar-refractivity contribution is 5.94. The van der Waals surface area contributed by atoms with E-state index in [1.807, 2.05) is 29.2 Å². The number of amides is 1. The van der Waals surface area contributed by atoms with E-state index in [1.54, 1.807) is 14.0 Å². The second kappa shape index (κ2) is 6.86. The van der Waals surface area contributed by atoms with E-state index in [4.69, 9.17) is 4.74 Å². The lowest BCUT2D eigenvalue weighted by atomic mass is 10.1. The molecule has 0 spiro atoms. The third-order valence-corrected chi connectivity index (χ3v) is 3.74. The fourth-order valence-corrected chi connectivity index (χ4v) is 2.87. The summed E-state index contributed by atoms with van der Waals surface area (Å²) >= 11 is 0. The molecule has 0 aromatic heterocycles. The Balaban J connectivity index is 2.11. The molecule has 2 atom stereocenters. The minimum atomic E-state index is -0.367. The van der Waals surface area contributed by atoms with Crippen molar-refractivity contribution in [2.45, 2.75) is 44.9 Å². The number of carbonyl (C=O) groups excluding carboxylic acids is 1. The molecule has 0 saturated carbocycles. The van der Waals surface area contributed by atoms with Gasteiger partial charge in [-0.25, -0.2) is 0 Å². The summed E-state index contributed by atoms with van der Waals surface area (Å²) in [5.41, 5.74) is 1.71. The van der Waals surface area contributed by atoms with Crippen LogP contribution in [0.1, 0.15) is 42.1 Å². The van der Waals surface area contributed by atoms with Crippen LogP contribution in [0.25, 0.3) is 0 Å². The summed E-state index contributed by atoms with van der Waals surface area (Å²) in [5, 5.41) is 9.54. The van der Waals surface area contributed by atoms with E-state index in [9.17, 15) is 9.90 Å². The van der Waals surface area contributed by atoms with Gasteiger partial charge in [0.1, 0.15) is 0 Å². The number of aliphatic hydroxyl groups excluding tert-OH is 1. The van der Waals surface area contributed by atoms with Gasteiger partial charge in [0.25, 0.3) is 5.91 Å². The Morgan fingerprint density at radius 1 is 1.55 bits per heavy atom. The van der Waals surface area contributed by atoms with Gasteiger partial charge in [0.05, 0.1) is 12.7 Å². The highest BCUT2D eigenvalue weighted by Gasteiger charge is 2.30. The summed E-state index contributed by atoms with van der Waals surface area (Å²) in [5.74, 6) is 0.0612. The number of hydrogen-bond acceptors (Lipinski definition) is 3. The van der Waals surface area contributed by atoms with Crippen molar-refractivity contribution in [3.05, 3.63) is 35.4 Å². The predicted molar refractivity (Wildman–Crippen MR) is 77.5 cm³/mol. The van der Waals surface area contributed by atoms with Gasteiger partial charge < -0.3 is 14.7 Å². The average Bonchev–Trinajstić information content (AvgIpc) is 2.86. The zero-order valence-corrected chi connectivity index (χ0v) is 12.2. The Labute approximate surface area is 120 Å². The first-order chi connectivity index (χ1) is 9.61. The molecule has 4 nitrogen and oxygen atoms in total. The third-order valence-electron chi connectivity index (χ3n) is 3.74.